The number of benzene rings is 2. The molecular weight excluding hydrogens is 491 g/mol. The normalized spacial score (nSPS) is 31.3. The maximum absolute atomic E-state index is 12.7. The summed E-state index contributed by atoms with van der Waals surface area (Å²) in [7, 11) is -6.48. The van der Waals surface area contributed by atoms with Gasteiger partial charge in [0.05, 0.1) is 23.0 Å². The van der Waals surface area contributed by atoms with E-state index in [0.29, 0.717) is 23.1 Å². The van der Waals surface area contributed by atoms with E-state index in [1.54, 1.807) is 12.1 Å². The van der Waals surface area contributed by atoms with Crippen LogP contribution in [-0.4, -0.2) is 73.8 Å². The second-order valence-corrected chi connectivity index (χ2v) is 14.2. The molecule has 0 aromatic heterocycles. The smallest absolute Gasteiger partial charge is 0.153 e. The van der Waals surface area contributed by atoms with Crippen molar-refractivity contribution >= 4 is 42.9 Å². The molecule has 0 spiro atoms. The van der Waals surface area contributed by atoms with Crippen LogP contribution in [0.4, 0.5) is 0 Å². The second kappa shape index (κ2) is 8.25. The largest absolute Gasteiger partial charge is 0.288 e. The van der Waals surface area contributed by atoms with Crippen LogP contribution >= 0.6 is 23.2 Å². The molecule has 3 fully saturated rings. The van der Waals surface area contributed by atoms with E-state index < -0.39 is 19.7 Å². The maximum atomic E-state index is 12.7. The molecule has 3 aliphatic heterocycles. The van der Waals surface area contributed by atoms with E-state index >= 15 is 0 Å². The van der Waals surface area contributed by atoms with Gasteiger partial charge in [0.15, 0.2) is 19.7 Å². The quantitative estimate of drug-likeness (QED) is 0.624. The van der Waals surface area contributed by atoms with Crippen molar-refractivity contribution in [1.29, 1.82) is 0 Å². The van der Waals surface area contributed by atoms with Crippen LogP contribution in [0.2, 0.25) is 10.0 Å². The molecule has 0 bridgehead atoms. The van der Waals surface area contributed by atoms with Crippen molar-refractivity contribution in [2.24, 2.45) is 0 Å². The van der Waals surface area contributed by atoms with E-state index in [0.717, 1.165) is 11.1 Å². The minimum absolute atomic E-state index is 0.0353. The molecule has 0 unspecified atom stereocenters. The summed E-state index contributed by atoms with van der Waals surface area (Å²) in [5.41, 5.74) is 1.90. The fourth-order valence-electron chi connectivity index (χ4n) is 5.54. The van der Waals surface area contributed by atoms with Gasteiger partial charge in [0, 0.05) is 47.3 Å². The van der Waals surface area contributed by atoms with Crippen LogP contribution in [0.1, 0.15) is 11.1 Å². The van der Waals surface area contributed by atoms with Gasteiger partial charge in [0.1, 0.15) is 0 Å². The van der Waals surface area contributed by atoms with Gasteiger partial charge in [-0.1, -0.05) is 47.5 Å². The van der Waals surface area contributed by atoms with Crippen LogP contribution in [0, 0.1) is 0 Å². The van der Waals surface area contributed by atoms with Gasteiger partial charge < -0.3 is 0 Å². The highest BCUT2D eigenvalue weighted by Crippen LogP contribution is 2.39. The molecule has 5 rings (SSSR count). The molecule has 6 nitrogen and oxygen atoms in total. The Labute approximate surface area is 198 Å². The monoisotopic (exact) mass is 514 g/mol. The highest BCUT2D eigenvalue weighted by atomic mass is 35.5. The molecule has 0 N–H and O–H groups in total. The van der Waals surface area contributed by atoms with Crippen molar-refractivity contribution in [2.75, 3.05) is 23.0 Å². The third-order valence-corrected chi connectivity index (χ3v) is 10.7. The Morgan fingerprint density at radius 1 is 0.656 bits per heavy atom. The number of nitrogens with zero attached hydrogens (tertiary/aromatic N) is 2. The van der Waals surface area contributed by atoms with Crippen LogP contribution < -0.4 is 0 Å². The predicted molar refractivity (Wildman–Crippen MR) is 126 cm³/mol. The van der Waals surface area contributed by atoms with Crippen LogP contribution in [0.5, 0.6) is 0 Å². The molecule has 2 aromatic carbocycles. The van der Waals surface area contributed by atoms with Gasteiger partial charge in [-0.25, -0.2) is 16.8 Å². The highest BCUT2D eigenvalue weighted by molar-refractivity contribution is 7.92. The minimum Gasteiger partial charge on any atom is -0.288 e. The SMILES string of the molecule is O=S1(=O)C[C@@H]2[C@H](C1)N(Cc1cccc(Cl)c1)[C@H]1CS(=O)(=O)C[C@@H]1N2Cc1cccc(Cl)c1. The van der Waals surface area contributed by atoms with Gasteiger partial charge in [-0.2, -0.15) is 0 Å². The van der Waals surface area contributed by atoms with Crippen molar-refractivity contribution in [3.8, 4) is 0 Å². The Morgan fingerprint density at radius 3 is 1.31 bits per heavy atom. The first kappa shape index (κ1) is 22.6. The Morgan fingerprint density at radius 2 is 1.00 bits per heavy atom. The Hall–Kier alpha value is -1.16. The molecule has 3 aliphatic rings. The third-order valence-electron chi connectivity index (χ3n) is 6.80. The second-order valence-electron chi connectivity index (χ2n) is 9.03. The standard InChI is InChI=1S/C22H24Cl2N2O4S2/c23-17-5-1-3-15(7-17)9-25-19-11-31(27,28)13-21(19)26(10-16-4-2-6-18(24)8-16)22-14-32(29,30)12-20(22)25/h1-8,19-22H,9-14H2/t19-,20-,21-,22+/m0/s1. The maximum Gasteiger partial charge on any atom is 0.153 e. The third kappa shape index (κ3) is 4.45. The first-order valence-electron chi connectivity index (χ1n) is 10.5. The van der Waals surface area contributed by atoms with E-state index in [9.17, 15) is 16.8 Å². The van der Waals surface area contributed by atoms with Crippen LogP contribution in [0.15, 0.2) is 48.5 Å². The van der Waals surface area contributed by atoms with Crippen molar-refractivity contribution in [1.82, 2.24) is 9.80 Å². The lowest BCUT2D eigenvalue weighted by atomic mass is 9.93. The van der Waals surface area contributed by atoms with Gasteiger partial charge in [-0.05, 0) is 35.4 Å². The molecule has 0 amide bonds. The lowest BCUT2D eigenvalue weighted by molar-refractivity contribution is -0.0341. The number of hydrogen-bond donors (Lipinski definition) is 0. The van der Waals surface area contributed by atoms with Gasteiger partial charge in [0.25, 0.3) is 0 Å². The first-order valence-corrected chi connectivity index (χ1v) is 14.9. The fourth-order valence-corrected chi connectivity index (χ4v) is 9.98. The highest BCUT2D eigenvalue weighted by Gasteiger charge is 2.57. The molecular formula is C22H24Cl2N2O4S2. The minimum atomic E-state index is -3.24. The average Bonchev–Trinajstić information content (AvgIpc) is 3.19. The van der Waals surface area contributed by atoms with Crippen molar-refractivity contribution in [2.45, 2.75) is 37.3 Å². The van der Waals surface area contributed by atoms with Crippen molar-refractivity contribution < 1.29 is 16.8 Å². The molecule has 0 aliphatic carbocycles. The van der Waals surface area contributed by atoms with Crippen LogP contribution in [0.25, 0.3) is 0 Å². The summed E-state index contributed by atoms with van der Waals surface area (Å²) in [5, 5.41) is 1.21. The lowest BCUT2D eigenvalue weighted by Crippen LogP contribution is -2.67. The summed E-state index contributed by atoms with van der Waals surface area (Å²) in [5.74, 6) is 0.141. The number of halogens is 2. The molecule has 172 valence electrons. The van der Waals surface area contributed by atoms with Crippen LogP contribution in [-0.2, 0) is 32.8 Å². The number of rotatable bonds is 4. The lowest BCUT2D eigenvalue weighted by Gasteiger charge is -2.51. The van der Waals surface area contributed by atoms with Gasteiger partial charge in [-0.15, -0.1) is 0 Å². The van der Waals surface area contributed by atoms with Gasteiger partial charge in [-0.3, -0.25) is 9.80 Å². The molecule has 0 radical (unpaired) electrons. The molecule has 2 aromatic rings. The Bertz CT molecular complexity index is 1120. The van der Waals surface area contributed by atoms with E-state index in [1.807, 2.05) is 36.4 Å². The first-order chi connectivity index (χ1) is 15.1. The van der Waals surface area contributed by atoms with Gasteiger partial charge >= 0.3 is 0 Å². The molecule has 32 heavy (non-hydrogen) atoms. The number of hydrogen-bond acceptors (Lipinski definition) is 6. The van der Waals surface area contributed by atoms with Crippen LogP contribution in [0.3, 0.4) is 0 Å². The van der Waals surface area contributed by atoms with E-state index in [-0.39, 0.29) is 47.2 Å². The predicted octanol–water partition coefficient (Wildman–Crippen LogP) is 2.64. The summed E-state index contributed by atoms with van der Waals surface area (Å²) >= 11 is 12.3. The summed E-state index contributed by atoms with van der Waals surface area (Å²) in [4.78, 5) is 4.23. The molecule has 10 heteroatoms. The zero-order chi connectivity index (χ0) is 22.7. The van der Waals surface area contributed by atoms with E-state index in [4.69, 9.17) is 23.2 Å². The van der Waals surface area contributed by atoms with Gasteiger partial charge in [0.2, 0.25) is 0 Å². The number of piperazine rings is 1. The molecule has 3 saturated heterocycles. The summed E-state index contributed by atoms with van der Waals surface area (Å²) in [6.45, 7) is 0.942. The fraction of sp³-hybridized carbons (Fsp3) is 0.455. The summed E-state index contributed by atoms with van der Waals surface area (Å²) in [6.07, 6.45) is 0. The number of sulfone groups is 2. The average molecular weight is 515 g/mol. The van der Waals surface area contributed by atoms with Crippen molar-refractivity contribution in [3.05, 3.63) is 69.7 Å². The topological polar surface area (TPSA) is 74.8 Å². The van der Waals surface area contributed by atoms with Crippen molar-refractivity contribution in [3.63, 3.8) is 0 Å². The molecule has 4 atom stereocenters. The summed E-state index contributed by atoms with van der Waals surface area (Å²) < 4.78 is 50.9. The number of fused-ring (bicyclic) bond motifs is 2. The zero-order valence-corrected chi connectivity index (χ0v) is 20.4. The van der Waals surface area contributed by atoms with E-state index in [2.05, 4.69) is 9.80 Å². The summed E-state index contributed by atoms with van der Waals surface area (Å²) in [6, 6.07) is 13.8. The van der Waals surface area contributed by atoms with E-state index in [1.165, 1.54) is 0 Å². The zero-order valence-electron chi connectivity index (χ0n) is 17.3. The Kier molecular flexibility index (Phi) is 5.83. The molecule has 0 saturated carbocycles. The molecule has 3 heterocycles. The Balaban J connectivity index is 1.54.